The van der Waals surface area contributed by atoms with Crippen LogP contribution in [0.15, 0.2) is 18.2 Å². The van der Waals surface area contributed by atoms with Crippen molar-refractivity contribution in [3.63, 3.8) is 0 Å². The van der Waals surface area contributed by atoms with Crippen LogP contribution in [0.4, 0.5) is 10.3 Å². The zero-order valence-electron chi connectivity index (χ0n) is 9.27. The predicted octanol–water partition coefficient (Wildman–Crippen LogP) is 2.68. The molecular weight excluding hydrogens is 225 g/mol. The maximum atomic E-state index is 13.2. The van der Waals surface area contributed by atoms with E-state index in [1.807, 2.05) is 10.8 Å². The number of thioether (sulfide) groups is 1. The molecule has 2 rings (SSSR count). The summed E-state index contributed by atoms with van der Waals surface area (Å²) in [6.07, 6.45) is 2.03. The van der Waals surface area contributed by atoms with E-state index in [0.29, 0.717) is 5.95 Å². The molecule has 1 atom stereocenters. The number of nitrogen functional groups attached to an aromatic ring is 1. The van der Waals surface area contributed by atoms with Gasteiger partial charge in [-0.3, -0.25) is 0 Å². The molecule has 2 N–H and O–H groups in total. The van der Waals surface area contributed by atoms with E-state index >= 15 is 0 Å². The Balaban J connectivity index is 2.58. The molecule has 1 aromatic carbocycles. The summed E-state index contributed by atoms with van der Waals surface area (Å²) in [6, 6.07) is 4.75. The third-order valence-corrected chi connectivity index (χ3v) is 3.34. The number of hydrogen-bond donors (Lipinski definition) is 1. The molecule has 1 unspecified atom stereocenters. The zero-order chi connectivity index (χ0) is 11.7. The van der Waals surface area contributed by atoms with E-state index in [1.165, 1.54) is 12.1 Å². The van der Waals surface area contributed by atoms with Gasteiger partial charge in [-0.25, -0.2) is 9.37 Å². The molecular formula is C11H14FN3S. The standard InChI is InChI=1S/C11H14FN3S/c1-7(6-16-2)15-10-5-8(12)3-4-9(10)14-11(15)13/h3-5,7H,6H2,1-2H3,(H2,13,14). The smallest absolute Gasteiger partial charge is 0.201 e. The summed E-state index contributed by atoms with van der Waals surface area (Å²) in [5.41, 5.74) is 7.36. The van der Waals surface area contributed by atoms with E-state index in [4.69, 9.17) is 5.73 Å². The first-order chi connectivity index (χ1) is 7.63. The second kappa shape index (κ2) is 4.33. The Morgan fingerprint density at radius 3 is 3.00 bits per heavy atom. The molecule has 0 fully saturated rings. The van der Waals surface area contributed by atoms with Crippen molar-refractivity contribution in [2.45, 2.75) is 13.0 Å². The second-order valence-corrected chi connectivity index (χ2v) is 4.69. The average Bonchev–Trinajstić information content (AvgIpc) is 2.53. The molecule has 0 saturated heterocycles. The van der Waals surface area contributed by atoms with E-state index in [2.05, 4.69) is 11.9 Å². The van der Waals surface area contributed by atoms with Gasteiger partial charge in [0.05, 0.1) is 11.0 Å². The van der Waals surface area contributed by atoms with Gasteiger partial charge in [-0.1, -0.05) is 0 Å². The quantitative estimate of drug-likeness (QED) is 0.895. The first kappa shape index (κ1) is 11.3. The van der Waals surface area contributed by atoms with Gasteiger partial charge in [0, 0.05) is 11.8 Å². The molecule has 0 aliphatic rings. The van der Waals surface area contributed by atoms with Crippen LogP contribution >= 0.6 is 11.8 Å². The molecule has 2 aromatic rings. The van der Waals surface area contributed by atoms with Crippen LogP contribution < -0.4 is 5.73 Å². The molecule has 1 aromatic heterocycles. The largest absolute Gasteiger partial charge is 0.369 e. The predicted molar refractivity (Wildman–Crippen MR) is 67.2 cm³/mol. The van der Waals surface area contributed by atoms with Crippen LogP contribution in [0.25, 0.3) is 11.0 Å². The fourth-order valence-electron chi connectivity index (χ4n) is 1.86. The first-order valence-electron chi connectivity index (χ1n) is 5.05. The number of hydrogen-bond acceptors (Lipinski definition) is 3. The van der Waals surface area contributed by atoms with E-state index < -0.39 is 0 Å². The molecule has 0 aliphatic carbocycles. The van der Waals surface area contributed by atoms with Gasteiger partial charge in [0.1, 0.15) is 5.82 Å². The summed E-state index contributed by atoms with van der Waals surface area (Å²) in [4.78, 5) is 4.22. The number of nitrogens with zero attached hydrogens (tertiary/aromatic N) is 2. The van der Waals surface area contributed by atoms with Crippen molar-refractivity contribution in [3.8, 4) is 0 Å². The third-order valence-electron chi connectivity index (χ3n) is 2.53. The maximum absolute atomic E-state index is 13.2. The summed E-state index contributed by atoms with van der Waals surface area (Å²) >= 11 is 1.73. The van der Waals surface area contributed by atoms with Gasteiger partial charge >= 0.3 is 0 Å². The van der Waals surface area contributed by atoms with Gasteiger partial charge in [-0.05, 0) is 31.4 Å². The topological polar surface area (TPSA) is 43.8 Å². The van der Waals surface area contributed by atoms with Crippen molar-refractivity contribution < 1.29 is 4.39 Å². The van der Waals surface area contributed by atoms with Crippen molar-refractivity contribution in [1.82, 2.24) is 9.55 Å². The maximum Gasteiger partial charge on any atom is 0.201 e. The summed E-state index contributed by atoms with van der Waals surface area (Å²) in [5.74, 6) is 1.11. The van der Waals surface area contributed by atoms with Gasteiger partial charge < -0.3 is 10.3 Å². The van der Waals surface area contributed by atoms with E-state index in [1.54, 1.807) is 17.8 Å². The molecule has 0 bridgehead atoms. The Bertz CT molecular complexity index is 509. The minimum absolute atomic E-state index is 0.210. The van der Waals surface area contributed by atoms with Gasteiger partial charge in [0.15, 0.2) is 0 Å². The SMILES string of the molecule is CSCC(C)n1c(N)nc2ccc(F)cc21. The Morgan fingerprint density at radius 1 is 1.56 bits per heavy atom. The Kier molecular flexibility index (Phi) is 3.05. The van der Waals surface area contributed by atoms with Gasteiger partial charge in [0.2, 0.25) is 5.95 Å². The van der Waals surface area contributed by atoms with E-state index in [0.717, 1.165) is 16.8 Å². The first-order valence-corrected chi connectivity index (χ1v) is 6.44. The van der Waals surface area contributed by atoms with Crippen molar-refractivity contribution in [3.05, 3.63) is 24.0 Å². The fourth-order valence-corrected chi connectivity index (χ4v) is 2.50. The number of nitrogens with two attached hydrogens (primary N) is 1. The number of rotatable bonds is 3. The van der Waals surface area contributed by atoms with Crippen LogP contribution in [0.5, 0.6) is 0 Å². The van der Waals surface area contributed by atoms with Crippen LogP contribution in [0.1, 0.15) is 13.0 Å². The number of fused-ring (bicyclic) bond motifs is 1. The Labute approximate surface area is 97.8 Å². The van der Waals surface area contributed by atoms with Crippen LogP contribution in [-0.2, 0) is 0 Å². The molecule has 0 amide bonds. The highest BCUT2D eigenvalue weighted by atomic mass is 32.2. The lowest BCUT2D eigenvalue weighted by atomic mass is 10.3. The number of imidazole rings is 1. The van der Waals surface area contributed by atoms with Crippen LogP contribution in [-0.4, -0.2) is 21.6 Å². The number of benzene rings is 1. The second-order valence-electron chi connectivity index (χ2n) is 3.78. The lowest BCUT2D eigenvalue weighted by molar-refractivity contribution is 0.619. The van der Waals surface area contributed by atoms with Crippen LogP contribution in [0, 0.1) is 5.82 Å². The molecule has 86 valence electrons. The third kappa shape index (κ3) is 1.87. The molecule has 0 aliphatic heterocycles. The highest BCUT2D eigenvalue weighted by molar-refractivity contribution is 7.98. The lowest BCUT2D eigenvalue weighted by Crippen LogP contribution is -2.10. The highest BCUT2D eigenvalue weighted by Crippen LogP contribution is 2.24. The molecule has 0 spiro atoms. The molecule has 0 radical (unpaired) electrons. The van der Waals surface area contributed by atoms with E-state index in [-0.39, 0.29) is 11.9 Å². The molecule has 16 heavy (non-hydrogen) atoms. The van der Waals surface area contributed by atoms with Crippen molar-refractivity contribution >= 4 is 28.7 Å². The summed E-state index contributed by atoms with van der Waals surface area (Å²) < 4.78 is 15.1. The minimum atomic E-state index is -0.259. The van der Waals surface area contributed by atoms with Gasteiger partial charge in [0.25, 0.3) is 0 Å². The number of aromatic nitrogens is 2. The zero-order valence-corrected chi connectivity index (χ0v) is 10.1. The molecule has 0 saturated carbocycles. The Hall–Kier alpha value is -1.23. The van der Waals surface area contributed by atoms with Gasteiger partial charge in [-0.15, -0.1) is 0 Å². The minimum Gasteiger partial charge on any atom is -0.369 e. The number of halogens is 1. The summed E-state index contributed by atoms with van der Waals surface area (Å²) in [7, 11) is 0. The van der Waals surface area contributed by atoms with Gasteiger partial charge in [-0.2, -0.15) is 11.8 Å². The molecule has 5 heteroatoms. The summed E-state index contributed by atoms with van der Waals surface area (Å²) in [6.45, 7) is 2.05. The number of anilines is 1. The van der Waals surface area contributed by atoms with Crippen LogP contribution in [0.3, 0.4) is 0 Å². The molecule has 1 heterocycles. The lowest BCUT2D eigenvalue weighted by Gasteiger charge is -2.14. The monoisotopic (exact) mass is 239 g/mol. The normalized spacial score (nSPS) is 13.2. The summed E-state index contributed by atoms with van der Waals surface area (Å²) in [5, 5.41) is 0. The Morgan fingerprint density at radius 2 is 2.31 bits per heavy atom. The highest BCUT2D eigenvalue weighted by Gasteiger charge is 2.13. The van der Waals surface area contributed by atoms with E-state index in [9.17, 15) is 4.39 Å². The molecule has 3 nitrogen and oxygen atoms in total. The average molecular weight is 239 g/mol. The van der Waals surface area contributed by atoms with Crippen molar-refractivity contribution in [2.75, 3.05) is 17.7 Å². The van der Waals surface area contributed by atoms with Crippen molar-refractivity contribution in [1.29, 1.82) is 0 Å². The van der Waals surface area contributed by atoms with Crippen LogP contribution in [0.2, 0.25) is 0 Å². The van der Waals surface area contributed by atoms with Crippen molar-refractivity contribution in [2.24, 2.45) is 0 Å². The fraction of sp³-hybridized carbons (Fsp3) is 0.364.